The molecule has 0 N–H and O–H groups in total. The fourth-order valence-electron chi connectivity index (χ4n) is 4.30. The average molecular weight is 421 g/mol. The zero-order valence-electron chi connectivity index (χ0n) is 16.9. The fourth-order valence-corrected chi connectivity index (χ4v) is 4.42. The molecular formula is C22H23ClN7+. The van der Waals surface area contributed by atoms with Crippen molar-refractivity contribution in [2.45, 2.75) is 38.4 Å². The molecule has 0 saturated heterocycles. The number of nitrogens with zero attached hydrogens (tertiary/aromatic N) is 7. The average Bonchev–Trinajstić information content (AvgIpc) is 3.47. The highest BCUT2D eigenvalue weighted by atomic mass is 35.5. The summed E-state index contributed by atoms with van der Waals surface area (Å²) in [4.78, 5) is 12.1. The molecule has 3 aromatic heterocycles. The lowest BCUT2D eigenvalue weighted by molar-refractivity contribution is -0.681. The predicted octanol–water partition coefficient (Wildman–Crippen LogP) is 2.96. The highest BCUT2D eigenvalue weighted by Gasteiger charge is 2.29. The molecule has 0 spiro atoms. The first-order chi connectivity index (χ1) is 14.7. The summed E-state index contributed by atoms with van der Waals surface area (Å²) in [7, 11) is 2.06. The molecule has 8 heteroatoms. The van der Waals surface area contributed by atoms with Gasteiger partial charge in [-0.05, 0) is 25.0 Å². The molecule has 1 aliphatic heterocycles. The number of aromatic nitrogens is 6. The number of fused-ring (bicyclic) bond motifs is 2. The van der Waals surface area contributed by atoms with Gasteiger partial charge >= 0.3 is 0 Å². The van der Waals surface area contributed by atoms with Crippen molar-refractivity contribution in [3.63, 3.8) is 0 Å². The smallest absolute Gasteiger partial charge is 0.265 e. The second kappa shape index (κ2) is 6.89. The van der Waals surface area contributed by atoms with E-state index in [0.29, 0.717) is 5.92 Å². The van der Waals surface area contributed by atoms with Gasteiger partial charge < -0.3 is 0 Å². The third-order valence-electron chi connectivity index (χ3n) is 6.18. The molecule has 6 rings (SSSR count). The van der Waals surface area contributed by atoms with E-state index < -0.39 is 0 Å². The quantitative estimate of drug-likeness (QED) is 0.476. The number of hydrogen-bond acceptors (Lipinski definition) is 4. The molecule has 0 bridgehead atoms. The topological polar surface area (TPSA) is 55.1 Å². The van der Waals surface area contributed by atoms with E-state index in [4.69, 9.17) is 16.6 Å². The van der Waals surface area contributed by atoms with Gasteiger partial charge in [-0.3, -0.25) is 14.3 Å². The maximum atomic E-state index is 6.13. The van der Waals surface area contributed by atoms with Crippen molar-refractivity contribution in [2.24, 2.45) is 7.05 Å². The van der Waals surface area contributed by atoms with Crippen LogP contribution in [0.1, 0.15) is 36.0 Å². The summed E-state index contributed by atoms with van der Waals surface area (Å²) in [5, 5.41) is 5.20. The molecule has 152 valence electrons. The number of aryl methyl sites for hydroxylation is 1. The van der Waals surface area contributed by atoms with Crippen LogP contribution in [-0.2, 0) is 26.7 Å². The Bertz CT molecular complexity index is 1240. The molecule has 0 unspecified atom stereocenters. The summed E-state index contributed by atoms with van der Waals surface area (Å²) in [6, 6.07) is 7.96. The third kappa shape index (κ3) is 3.09. The van der Waals surface area contributed by atoms with Crippen LogP contribution in [0.3, 0.4) is 0 Å². The third-order valence-corrected chi connectivity index (χ3v) is 6.43. The Labute approximate surface area is 179 Å². The van der Waals surface area contributed by atoms with Crippen molar-refractivity contribution in [2.75, 3.05) is 6.54 Å². The number of rotatable bonds is 4. The van der Waals surface area contributed by atoms with Crippen molar-refractivity contribution >= 4 is 17.2 Å². The maximum absolute atomic E-state index is 6.13. The lowest BCUT2D eigenvalue weighted by atomic mass is 10.1. The largest absolute Gasteiger partial charge is 0.299 e. The van der Waals surface area contributed by atoms with E-state index in [2.05, 4.69) is 41.9 Å². The number of benzene rings is 1. The van der Waals surface area contributed by atoms with Gasteiger partial charge in [-0.1, -0.05) is 23.7 Å². The Hall–Kier alpha value is -2.77. The zero-order chi connectivity index (χ0) is 20.2. The van der Waals surface area contributed by atoms with Crippen LogP contribution in [0.25, 0.3) is 16.9 Å². The summed E-state index contributed by atoms with van der Waals surface area (Å²) < 4.78 is 6.45. The summed E-state index contributed by atoms with van der Waals surface area (Å²) in [6.45, 7) is 3.55. The first-order valence-corrected chi connectivity index (χ1v) is 10.8. The highest BCUT2D eigenvalue weighted by Crippen LogP contribution is 2.39. The van der Waals surface area contributed by atoms with Crippen LogP contribution in [0.15, 0.2) is 43.0 Å². The fraction of sp³-hybridized carbons (Fsp3) is 0.364. The van der Waals surface area contributed by atoms with Gasteiger partial charge in [0.25, 0.3) is 6.33 Å². The molecule has 0 atom stereocenters. The minimum Gasteiger partial charge on any atom is -0.299 e. The van der Waals surface area contributed by atoms with Gasteiger partial charge in [-0.2, -0.15) is 0 Å². The Kier molecular flexibility index (Phi) is 4.14. The maximum Gasteiger partial charge on any atom is 0.265 e. The van der Waals surface area contributed by atoms with Crippen LogP contribution in [-0.4, -0.2) is 35.6 Å². The van der Waals surface area contributed by atoms with E-state index in [1.807, 2.05) is 36.8 Å². The molecule has 4 aromatic rings. The van der Waals surface area contributed by atoms with E-state index in [1.54, 1.807) is 0 Å². The van der Waals surface area contributed by atoms with Gasteiger partial charge in [0.15, 0.2) is 5.65 Å². The van der Waals surface area contributed by atoms with Gasteiger partial charge in [0.2, 0.25) is 5.82 Å². The summed E-state index contributed by atoms with van der Waals surface area (Å²) in [6.07, 6.45) is 8.48. The summed E-state index contributed by atoms with van der Waals surface area (Å²) in [5.41, 5.74) is 5.36. The van der Waals surface area contributed by atoms with E-state index in [-0.39, 0.29) is 0 Å². The Morgan fingerprint density at radius 3 is 2.80 bits per heavy atom. The normalized spacial score (nSPS) is 16.9. The second-order valence-electron chi connectivity index (χ2n) is 8.32. The lowest BCUT2D eigenvalue weighted by Gasteiger charge is -2.24. The number of halogens is 1. The van der Waals surface area contributed by atoms with Gasteiger partial charge in [-0.15, -0.1) is 4.68 Å². The predicted molar refractivity (Wildman–Crippen MR) is 113 cm³/mol. The van der Waals surface area contributed by atoms with Gasteiger partial charge in [-0.25, -0.2) is 9.55 Å². The summed E-state index contributed by atoms with van der Waals surface area (Å²) >= 11 is 6.13. The minimum atomic E-state index is 0.604. The Morgan fingerprint density at radius 2 is 2.00 bits per heavy atom. The number of imidazole rings is 1. The lowest BCUT2D eigenvalue weighted by Crippen LogP contribution is -2.42. The van der Waals surface area contributed by atoms with Gasteiger partial charge in [0.1, 0.15) is 6.54 Å². The molecule has 1 aliphatic carbocycles. The van der Waals surface area contributed by atoms with Crippen LogP contribution in [0.2, 0.25) is 5.02 Å². The summed E-state index contributed by atoms with van der Waals surface area (Å²) in [5.74, 6) is 1.83. The highest BCUT2D eigenvalue weighted by molar-refractivity contribution is 6.30. The molecule has 2 aliphatic rings. The molecule has 1 saturated carbocycles. The number of hydrogen-bond donors (Lipinski definition) is 0. The standard InChI is InChI=1S/C22H23ClN7/c1-27-14-25-30-9-8-28(13-21(27)30)12-19-22(16-4-6-17(23)7-5-16)26-20-10-24-18(11-29(19)20)15-2-3-15/h4-7,10-11,14-15H,2-3,8-9,12-13H2,1H3/q+1. The second-order valence-corrected chi connectivity index (χ2v) is 8.76. The van der Waals surface area contributed by atoms with Crippen molar-refractivity contribution < 1.29 is 4.57 Å². The Balaban J connectivity index is 1.43. The molecule has 1 fully saturated rings. The SMILES string of the molecule is C[n+]1cnn2c1CN(Cc1c(-c3ccc(Cl)cc3)nc3cnc(C4CC4)cn13)CC2. The molecule has 4 heterocycles. The molecule has 30 heavy (non-hydrogen) atoms. The molecule has 0 amide bonds. The van der Waals surface area contributed by atoms with E-state index in [1.165, 1.54) is 30.1 Å². The van der Waals surface area contributed by atoms with Gasteiger partial charge in [0.05, 0.1) is 36.9 Å². The van der Waals surface area contributed by atoms with Crippen LogP contribution < -0.4 is 4.57 Å². The molecule has 1 aromatic carbocycles. The first-order valence-electron chi connectivity index (χ1n) is 10.4. The van der Waals surface area contributed by atoms with Crippen molar-refractivity contribution in [1.82, 2.24) is 29.0 Å². The molecule has 7 nitrogen and oxygen atoms in total. The van der Waals surface area contributed by atoms with Crippen LogP contribution in [0.4, 0.5) is 0 Å². The van der Waals surface area contributed by atoms with Gasteiger partial charge in [0, 0.05) is 40.9 Å². The minimum absolute atomic E-state index is 0.604. The van der Waals surface area contributed by atoms with Crippen LogP contribution in [0, 0.1) is 0 Å². The molecular weight excluding hydrogens is 398 g/mol. The van der Waals surface area contributed by atoms with E-state index in [9.17, 15) is 0 Å². The first kappa shape index (κ1) is 18.0. The van der Waals surface area contributed by atoms with Crippen molar-refractivity contribution in [3.05, 3.63) is 65.2 Å². The van der Waals surface area contributed by atoms with E-state index >= 15 is 0 Å². The van der Waals surface area contributed by atoms with E-state index in [0.717, 1.165) is 48.1 Å². The van der Waals surface area contributed by atoms with Crippen molar-refractivity contribution in [3.8, 4) is 11.3 Å². The Morgan fingerprint density at radius 1 is 1.17 bits per heavy atom. The monoisotopic (exact) mass is 420 g/mol. The molecule has 0 radical (unpaired) electrons. The van der Waals surface area contributed by atoms with Crippen molar-refractivity contribution in [1.29, 1.82) is 0 Å². The van der Waals surface area contributed by atoms with Crippen LogP contribution in [0.5, 0.6) is 0 Å². The zero-order valence-corrected chi connectivity index (χ0v) is 17.6. The van der Waals surface area contributed by atoms with Crippen LogP contribution >= 0.6 is 11.6 Å².